The van der Waals surface area contributed by atoms with Crippen molar-refractivity contribution in [1.82, 2.24) is 5.32 Å². The maximum Gasteiger partial charge on any atom is 0.227 e. The van der Waals surface area contributed by atoms with Gasteiger partial charge in [0.2, 0.25) is 11.8 Å². The standard InChI is InChI=1S/C20H23N3O2.ClH/c21-17-8-5-14(6-9-17)11-12-22-19(24)10-7-16-13-15-3-1-2-4-18(15)23-20(16)25;/h1-6,8-9,16H,7,10-13,21H2,(H,22,24)(H,23,25);1H. The van der Waals surface area contributed by atoms with E-state index in [2.05, 4.69) is 10.6 Å². The molecule has 0 saturated carbocycles. The summed E-state index contributed by atoms with van der Waals surface area (Å²) in [5.41, 5.74) is 9.55. The van der Waals surface area contributed by atoms with Gasteiger partial charge in [-0.25, -0.2) is 0 Å². The molecule has 0 radical (unpaired) electrons. The van der Waals surface area contributed by atoms with Crippen LogP contribution in [0.15, 0.2) is 48.5 Å². The lowest BCUT2D eigenvalue weighted by Crippen LogP contribution is -2.32. The summed E-state index contributed by atoms with van der Waals surface area (Å²) in [6, 6.07) is 15.5. The number of nitrogens with two attached hydrogens (primary N) is 1. The number of benzene rings is 2. The lowest BCUT2D eigenvalue weighted by Gasteiger charge is -2.24. The normalized spacial score (nSPS) is 15.4. The summed E-state index contributed by atoms with van der Waals surface area (Å²) < 4.78 is 0. The monoisotopic (exact) mass is 373 g/mol. The van der Waals surface area contributed by atoms with E-state index in [0.717, 1.165) is 28.9 Å². The van der Waals surface area contributed by atoms with Gasteiger partial charge in [-0.1, -0.05) is 30.3 Å². The minimum atomic E-state index is -0.141. The molecule has 2 amide bonds. The molecule has 26 heavy (non-hydrogen) atoms. The number of amides is 2. The average molecular weight is 374 g/mol. The Kier molecular flexibility index (Phi) is 7.04. The van der Waals surface area contributed by atoms with Crippen LogP contribution >= 0.6 is 12.4 Å². The number of carbonyl (C=O) groups is 2. The second-order valence-electron chi connectivity index (χ2n) is 6.43. The van der Waals surface area contributed by atoms with Crippen molar-refractivity contribution in [1.29, 1.82) is 0 Å². The van der Waals surface area contributed by atoms with Crippen LogP contribution in [0.1, 0.15) is 24.0 Å². The Labute approximate surface area is 159 Å². The maximum absolute atomic E-state index is 12.1. The van der Waals surface area contributed by atoms with Gasteiger partial charge in [0.25, 0.3) is 0 Å². The Morgan fingerprint density at radius 1 is 1.15 bits per heavy atom. The molecule has 1 unspecified atom stereocenters. The lowest BCUT2D eigenvalue weighted by atomic mass is 9.89. The van der Waals surface area contributed by atoms with Crippen LogP contribution in [0.3, 0.4) is 0 Å². The zero-order valence-corrected chi connectivity index (χ0v) is 15.4. The molecule has 1 aliphatic heterocycles. The fraction of sp³-hybridized carbons (Fsp3) is 0.300. The molecule has 138 valence electrons. The molecule has 0 saturated heterocycles. The van der Waals surface area contributed by atoms with Gasteiger partial charge in [0.15, 0.2) is 0 Å². The molecule has 0 fully saturated rings. The van der Waals surface area contributed by atoms with Crippen LogP contribution in [-0.2, 0) is 22.4 Å². The van der Waals surface area contributed by atoms with E-state index in [-0.39, 0.29) is 30.1 Å². The zero-order chi connectivity index (χ0) is 17.6. The van der Waals surface area contributed by atoms with Crippen molar-refractivity contribution in [2.45, 2.75) is 25.7 Å². The Morgan fingerprint density at radius 2 is 1.88 bits per heavy atom. The number of halogens is 1. The van der Waals surface area contributed by atoms with Crippen molar-refractivity contribution < 1.29 is 9.59 Å². The summed E-state index contributed by atoms with van der Waals surface area (Å²) in [5.74, 6) is -0.145. The molecule has 0 spiro atoms. The van der Waals surface area contributed by atoms with E-state index in [1.54, 1.807) is 0 Å². The summed E-state index contributed by atoms with van der Waals surface area (Å²) in [7, 11) is 0. The topological polar surface area (TPSA) is 84.2 Å². The number of nitrogen functional groups attached to an aromatic ring is 1. The Morgan fingerprint density at radius 3 is 2.65 bits per heavy atom. The highest BCUT2D eigenvalue weighted by molar-refractivity contribution is 5.96. The van der Waals surface area contributed by atoms with E-state index >= 15 is 0 Å². The first-order chi connectivity index (χ1) is 12.1. The first-order valence-electron chi connectivity index (χ1n) is 8.62. The minimum Gasteiger partial charge on any atom is -0.399 e. The van der Waals surface area contributed by atoms with Crippen LogP contribution in [0.4, 0.5) is 11.4 Å². The smallest absolute Gasteiger partial charge is 0.227 e. The van der Waals surface area contributed by atoms with Gasteiger partial charge in [0.1, 0.15) is 0 Å². The molecule has 3 rings (SSSR count). The quantitative estimate of drug-likeness (QED) is 0.680. The number of hydrogen-bond donors (Lipinski definition) is 3. The fourth-order valence-corrected chi connectivity index (χ4v) is 3.07. The van der Waals surface area contributed by atoms with Crippen LogP contribution in [0, 0.1) is 5.92 Å². The summed E-state index contributed by atoms with van der Waals surface area (Å²) >= 11 is 0. The molecule has 1 aliphatic rings. The second-order valence-corrected chi connectivity index (χ2v) is 6.43. The highest BCUT2D eigenvalue weighted by Crippen LogP contribution is 2.27. The summed E-state index contributed by atoms with van der Waals surface area (Å²) in [6.45, 7) is 0.586. The molecule has 0 bridgehead atoms. The van der Waals surface area contributed by atoms with Crippen LogP contribution in [-0.4, -0.2) is 18.4 Å². The number of hydrogen-bond acceptors (Lipinski definition) is 3. The van der Waals surface area contributed by atoms with Gasteiger partial charge < -0.3 is 16.4 Å². The number of rotatable bonds is 6. The van der Waals surface area contributed by atoms with Crippen LogP contribution in [0.5, 0.6) is 0 Å². The highest BCUT2D eigenvalue weighted by atomic mass is 35.5. The molecule has 4 N–H and O–H groups in total. The molecule has 2 aromatic carbocycles. The summed E-state index contributed by atoms with van der Waals surface area (Å²) in [6.07, 6.45) is 2.39. The fourth-order valence-electron chi connectivity index (χ4n) is 3.07. The molecule has 2 aromatic rings. The molecule has 1 atom stereocenters. The third kappa shape index (κ3) is 5.23. The number of carbonyl (C=O) groups excluding carboxylic acids is 2. The number of nitrogens with one attached hydrogen (secondary N) is 2. The van der Waals surface area contributed by atoms with Gasteiger partial charge in [-0.3, -0.25) is 9.59 Å². The Bertz CT molecular complexity index is 762. The average Bonchev–Trinajstić information content (AvgIpc) is 2.61. The summed E-state index contributed by atoms with van der Waals surface area (Å²) in [5, 5.41) is 5.84. The molecule has 5 nitrogen and oxygen atoms in total. The van der Waals surface area contributed by atoms with Gasteiger partial charge in [-0.05, 0) is 48.6 Å². The van der Waals surface area contributed by atoms with Crippen LogP contribution in [0.25, 0.3) is 0 Å². The van der Waals surface area contributed by atoms with Crippen molar-refractivity contribution in [2.75, 3.05) is 17.6 Å². The van der Waals surface area contributed by atoms with E-state index < -0.39 is 0 Å². The predicted molar refractivity (Wildman–Crippen MR) is 106 cm³/mol. The van der Waals surface area contributed by atoms with Crippen molar-refractivity contribution in [3.05, 3.63) is 59.7 Å². The first kappa shape index (κ1) is 19.8. The summed E-state index contributed by atoms with van der Waals surface area (Å²) in [4.78, 5) is 24.2. The molecular formula is C20H24ClN3O2. The van der Waals surface area contributed by atoms with Gasteiger partial charge in [-0.2, -0.15) is 0 Å². The highest BCUT2D eigenvalue weighted by Gasteiger charge is 2.26. The van der Waals surface area contributed by atoms with Crippen molar-refractivity contribution in [3.8, 4) is 0 Å². The largest absolute Gasteiger partial charge is 0.399 e. The van der Waals surface area contributed by atoms with E-state index in [1.807, 2.05) is 48.5 Å². The van der Waals surface area contributed by atoms with Gasteiger partial charge in [0.05, 0.1) is 0 Å². The van der Waals surface area contributed by atoms with E-state index in [0.29, 0.717) is 25.8 Å². The second kappa shape index (κ2) is 9.25. The van der Waals surface area contributed by atoms with Crippen molar-refractivity contribution in [2.24, 2.45) is 5.92 Å². The van der Waals surface area contributed by atoms with Crippen molar-refractivity contribution >= 4 is 35.6 Å². The van der Waals surface area contributed by atoms with Gasteiger partial charge in [-0.15, -0.1) is 12.4 Å². The first-order valence-corrected chi connectivity index (χ1v) is 8.62. The van der Waals surface area contributed by atoms with E-state index in [1.165, 1.54) is 0 Å². The van der Waals surface area contributed by atoms with E-state index in [4.69, 9.17) is 5.73 Å². The van der Waals surface area contributed by atoms with Gasteiger partial charge >= 0.3 is 0 Å². The number of fused-ring (bicyclic) bond motifs is 1. The SMILES string of the molecule is Cl.Nc1ccc(CCNC(=O)CCC2Cc3ccccc3NC2=O)cc1. The Hall–Kier alpha value is -2.53. The third-order valence-electron chi connectivity index (χ3n) is 4.55. The zero-order valence-electron chi connectivity index (χ0n) is 14.5. The van der Waals surface area contributed by atoms with Crippen molar-refractivity contribution in [3.63, 3.8) is 0 Å². The van der Waals surface area contributed by atoms with Crippen LogP contribution < -0.4 is 16.4 Å². The molecule has 0 aromatic heterocycles. The van der Waals surface area contributed by atoms with Gasteiger partial charge in [0, 0.05) is 30.3 Å². The molecule has 0 aliphatic carbocycles. The number of para-hydroxylation sites is 1. The molecule has 1 heterocycles. The Balaban J connectivity index is 0.00000243. The third-order valence-corrected chi connectivity index (χ3v) is 4.55. The van der Waals surface area contributed by atoms with Crippen LogP contribution in [0.2, 0.25) is 0 Å². The molecular weight excluding hydrogens is 350 g/mol. The number of anilines is 2. The maximum atomic E-state index is 12.1. The predicted octanol–water partition coefficient (Wildman–Crippen LogP) is 2.94. The van der Waals surface area contributed by atoms with E-state index in [9.17, 15) is 9.59 Å². The minimum absolute atomic E-state index is 0. The lowest BCUT2D eigenvalue weighted by molar-refractivity contribution is -0.122. The molecule has 6 heteroatoms.